The molecule has 0 atom stereocenters. The third-order valence-corrected chi connectivity index (χ3v) is 10.6. The molecule has 0 bridgehead atoms. The average Bonchev–Trinajstić information content (AvgIpc) is 3.70. The van der Waals surface area contributed by atoms with Crippen LogP contribution in [0.2, 0.25) is 5.02 Å². The van der Waals surface area contributed by atoms with Gasteiger partial charge >= 0.3 is 6.01 Å². The van der Waals surface area contributed by atoms with Gasteiger partial charge < -0.3 is 14.5 Å². The number of amides is 1. The van der Waals surface area contributed by atoms with E-state index in [0.717, 1.165) is 55.2 Å². The molecule has 3 saturated heterocycles. The molecule has 5 aromatic rings. The van der Waals surface area contributed by atoms with Gasteiger partial charge in [0.2, 0.25) is 5.91 Å². The zero-order valence-electron chi connectivity index (χ0n) is 28.2. The number of pyridine rings is 1. The van der Waals surface area contributed by atoms with Gasteiger partial charge in [-0.25, -0.2) is 14.4 Å². The Bertz CT molecular complexity index is 2120. The summed E-state index contributed by atoms with van der Waals surface area (Å²) in [6.07, 6.45) is 9.34. The molecule has 6 heterocycles. The molecule has 0 N–H and O–H groups in total. The number of hydrogen-bond donors (Lipinski definition) is 0. The van der Waals surface area contributed by atoms with E-state index in [1.165, 1.54) is 0 Å². The molecule has 0 aliphatic carbocycles. The van der Waals surface area contributed by atoms with Gasteiger partial charge in [0.05, 0.1) is 16.6 Å². The zero-order chi connectivity index (χ0) is 34.4. The number of carbonyl (C=O) groups is 1. The summed E-state index contributed by atoms with van der Waals surface area (Å²) in [4.78, 5) is 42.4. The molecular weight excluding hydrogens is 655 g/mol. The fourth-order valence-electron chi connectivity index (χ4n) is 7.90. The number of ether oxygens (including phenoxy) is 1. The monoisotopic (exact) mass is 692 g/mol. The topological polar surface area (TPSA) is 100 Å². The van der Waals surface area contributed by atoms with Crippen molar-refractivity contribution in [2.75, 3.05) is 50.8 Å². The van der Waals surface area contributed by atoms with Crippen molar-refractivity contribution in [2.45, 2.75) is 45.1 Å². The predicted octanol–water partition coefficient (Wildman–Crippen LogP) is 6.41. The number of piperazine rings is 1. The molecule has 0 unspecified atom stereocenters. The Morgan fingerprint density at radius 2 is 1.74 bits per heavy atom. The smallest absolute Gasteiger partial charge is 0.319 e. The molecule has 2 aromatic carbocycles. The summed E-state index contributed by atoms with van der Waals surface area (Å²) in [5, 5.41) is 2.63. The molecule has 8 rings (SSSR count). The molecule has 0 radical (unpaired) electrons. The number of aromatic nitrogens is 5. The van der Waals surface area contributed by atoms with Crippen molar-refractivity contribution in [3.8, 4) is 17.3 Å². The molecule has 3 aliphatic rings. The summed E-state index contributed by atoms with van der Waals surface area (Å²) in [6, 6.07) is 13.3. The average molecular weight is 693 g/mol. The van der Waals surface area contributed by atoms with Gasteiger partial charge in [-0.15, -0.1) is 0 Å². The lowest BCUT2D eigenvalue weighted by Gasteiger charge is -2.35. The minimum atomic E-state index is -0.556. The summed E-state index contributed by atoms with van der Waals surface area (Å²) in [5.74, 6) is 0.548. The summed E-state index contributed by atoms with van der Waals surface area (Å²) in [5.41, 5.74) is 2.42. The first kappa shape index (κ1) is 32.5. The maximum Gasteiger partial charge on any atom is 0.319 e. The van der Waals surface area contributed by atoms with Gasteiger partial charge in [0.25, 0.3) is 0 Å². The van der Waals surface area contributed by atoms with Crippen molar-refractivity contribution >= 4 is 51.1 Å². The van der Waals surface area contributed by atoms with Gasteiger partial charge in [0, 0.05) is 60.1 Å². The SMILES string of the molecule is Cc1cc(/C=C/C(=O)N2CCN(c3nc(OCC45CCCN4CCC5)nc4c(F)c(-c5cccc6cccc(Cl)c56)ncc34)CC2)nc(C)n1. The Balaban J connectivity index is 1.11. The van der Waals surface area contributed by atoms with Crippen LogP contribution < -0.4 is 9.64 Å². The van der Waals surface area contributed by atoms with Crippen LogP contribution in [0.5, 0.6) is 6.01 Å². The van der Waals surface area contributed by atoms with Crippen LogP contribution in [0.25, 0.3) is 39.0 Å². The van der Waals surface area contributed by atoms with E-state index in [1.54, 1.807) is 29.3 Å². The van der Waals surface area contributed by atoms with Crippen LogP contribution in [0.3, 0.4) is 0 Å². The van der Waals surface area contributed by atoms with E-state index in [1.807, 2.05) is 50.2 Å². The van der Waals surface area contributed by atoms with Gasteiger partial charge in [-0.1, -0.05) is 41.9 Å². The standard InChI is InChI=1S/C38H38ClFN8O2/c1-24-21-27(43-25(2)42-24)11-12-31(49)46-17-19-47(20-18-46)36-29-22-41-34(28-9-3-7-26-8-4-10-30(39)32(26)28)33(40)35(29)44-37(45-36)50-23-38-13-5-15-48(38)16-6-14-38/h3-4,7-12,21-22H,5-6,13-20,23H2,1-2H3/b12-11+. The second kappa shape index (κ2) is 13.2. The highest BCUT2D eigenvalue weighted by Gasteiger charge is 2.45. The van der Waals surface area contributed by atoms with Gasteiger partial charge in [-0.05, 0) is 76.2 Å². The van der Waals surface area contributed by atoms with Gasteiger partial charge in [-0.3, -0.25) is 14.7 Å². The first-order valence-electron chi connectivity index (χ1n) is 17.2. The van der Waals surface area contributed by atoms with Crippen LogP contribution in [-0.4, -0.2) is 92.0 Å². The first-order valence-corrected chi connectivity index (χ1v) is 17.6. The highest BCUT2D eigenvalue weighted by atomic mass is 35.5. The molecular formula is C38H38ClFN8O2. The summed E-state index contributed by atoms with van der Waals surface area (Å²) < 4.78 is 23.2. The zero-order valence-corrected chi connectivity index (χ0v) is 29.0. The molecule has 12 heteroatoms. The summed E-state index contributed by atoms with van der Waals surface area (Å²) in [6.45, 7) is 8.25. The van der Waals surface area contributed by atoms with Gasteiger partial charge in [-0.2, -0.15) is 9.97 Å². The highest BCUT2D eigenvalue weighted by Crippen LogP contribution is 2.40. The number of aryl methyl sites for hydroxylation is 2. The third kappa shape index (κ3) is 6.02. The van der Waals surface area contributed by atoms with Crippen molar-refractivity contribution in [3.05, 3.63) is 82.8 Å². The number of benzene rings is 2. The maximum atomic E-state index is 16.8. The second-order valence-corrected chi connectivity index (χ2v) is 13.9. The van der Waals surface area contributed by atoms with E-state index < -0.39 is 5.82 Å². The largest absolute Gasteiger partial charge is 0.461 e. The highest BCUT2D eigenvalue weighted by molar-refractivity contribution is 6.36. The van der Waals surface area contributed by atoms with E-state index in [-0.39, 0.29) is 28.7 Å². The Kier molecular flexibility index (Phi) is 8.56. The number of fused-ring (bicyclic) bond motifs is 3. The Labute approximate surface area is 295 Å². The van der Waals surface area contributed by atoms with E-state index in [9.17, 15) is 4.79 Å². The fourth-order valence-corrected chi connectivity index (χ4v) is 8.18. The van der Waals surface area contributed by atoms with Crippen molar-refractivity contribution in [3.63, 3.8) is 0 Å². The lowest BCUT2D eigenvalue weighted by Crippen LogP contribution is -2.48. The summed E-state index contributed by atoms with van der Waals surface area (Å²) >= 11 is 6.63. The Hall–Kier alpha value is -4.74. The molecule has 1 amide bonds. The van der Waals surface area contributed by atoms with E-state index in [0.29, 0.717) is 66.1 Å². The van der Waals surface area contributed by atoms with E-state index in [4.69, 9.17) is 21.3 Å². The Morgan fingerprint density at radius 3 is 2.50 bits per heavy atom. The fraction of sp³-hybridized carbons (Fsp3) is 0.368. The maximum absolute atomic E-state index is 16.8. The van der Waals surface area contributed by atoms with Crippen LogP contribution in [0.4, 0.5) is 10.2 Å². The third-order valence-electron chi connectivity index (χ3n) is 10.3. The van der Waals surface area contributed by atoms with Crippen molar-refractivity contribution < 1.29 is 13.9 Å². The molecule has 256 valence electrons. The van der Waals surface area contributed by atoms with Crippen LogP contribution in [0, 0.1) is 19.7 Å². The number of halogens is 2. The van der Waals surface area contributed by atoms with Crippen molar-refractivity contribution in [1.82, 2.24) is 34.7 Å². The minimum absolute atomic E-state index is 0.0250. The quantitative estimate of drug-likeness (QED) is 0.179. The van der Waals surface area contributed by atoms with Crippen molar-refractivity contribution in [1.29, 1.82) is 0 Å². The normalized spacial score (nSPS) is 17.7. The van der Waals surface area contributed by atoms with Gasteiger partial charge in [0.1, 0.15) is 29.5 Å². The number of rotatable bonds is 7. The first-order chi connectivity index (χ1) is 24.3. The van der Waals surface area contributed by atoms with Crippen LogP contribution in [0.1, 0.15) is 42.9 Å². The van der Waals surface area contributed by atoms with E-state index >= 15 is 4.39 Å². The molecule has 3 aromatic heterocycles. The second-order valence-electron chi connectivity index (χ2n) is 13.5. The lowest BCUT2D eigenvalue weighted by atomic mass is 9.95. The molecule has 3 fully saturated rings. The number of carbonyl (C=O) groups excluding carboxylic acids is 1. The summed E-state index contributed by atoms with van der Waals surface area (Å²) in [7, 11) is 0. The van der Waals surface area contributed by atoms with Crippen LogP contribution in [-0.2, 0) is 4.79 Å². The molecule has 10 nitrogen and oxygen atoms in total. The van der Waals surface area contributed by atoms with Gasteiger partial charge in [0.15, 0.2) is 5.82 Å². The van der Waals surface area contributed by atoms with E-state index in [2.05, 4.69) is 29.7 Å². The number of anilines is 1. The lowest BCUT2D eigenvalue weighted by molar-refractivity contribution is -0.126. The molecule has 0 saturated carbocycles. The number of nitrogens with zero attached hydrogens (tertiary/aromatic N) is 8. The van der Waals surface area contributed by atoms with Crippen LogP contribution in [0.15, 0.2) is 54.7 Å². The molecule has 0 spiro atoms. The van der Waals surface area contributed by atoms with Crippen LogP contribution >= 0.6 is 11.6 Å². The van der Waals surface area contributed by atoms with Crippen molar-refractivity contribution in [2.24, 2.45) is 0 Å². The molecule has 3 aliphatic heterocycles. The number of hydrogen-bond acceptors (Lipinski definition) is 9. The minimum Gasteiger partial charge on any atom is -0.461 e. The Morgan fingerprint density at radius 1 is 0.980 bits per heavy atom. The molecule has 50 heavy (non-hydrogen) atoms. The predicted molar refractivity (Wildman–Crippen MR) is 193 cm³/mol.